The molecular formula is C64H74BBrN2O3P. The number of hydrogen-bond acceptors (Lipinski definition) is 5. The van der Waals surface area contributed by atoms with Gasteiger partial charge in [-0.1, -0.05) is 205 Å². The normalized spacial score (nSPS) is 14.0. The van der Waals surface area contributed by atoms with Crippen LogP contribution in [0.5, 0.6) is 5.75 Å². The molecule has 0 spiro atoms. The van der Waals surface area contributed by atoms with Gasteiger partial charge in [0.1, 0.15) is 5.75 Å². The van der Waals surface area contributed by atoms with E-state index in [4.69, 9.17) is 14.7 Å². The van der Waals surface area contributed by atoms with Crippen molar-refractivity contribution in [1.82, 2.24) is 9.97 Å². The number of aromatic nitrogens is 2. The smallest absolute Gasteiger partial charge is 0.485 e. The monoisotopic (exact) mass is 1040 g/mol. The quantitative estimate of drug-likeness (QED) is 0.0976. The maximum absolute atomic E-state index is 7.97. The predicted octanol–water partition coefficient (Wildman–Crippen LogP) is 17.4. The number of benzene rings is 6. The molecular weight excluding hydrogens is 966 g/mol. The average Bonchev–Trinajstić information content (AvgIpc) is 3.41. The molecule has 0 atom stereocenters. The summed E-state index contributed by atoms with van der Waals surface area (Å²) in [5.74, 6) is 2.19. The molecule has 10 rings (SSSR count). The van der Waals surface area contributed by atoms with Gasteiger partial charge in [-0.15, -0.1) is 0 Å². The highest BCUT2D eigenvalue weighted by Gasteiger charge is 2.34. The zero-order valence-electron chi connectivity index (χ0n) is 43.4. The van der Waals surface area contributed by atoms with Crippen molar-refractivity contribution in [2.24, 2.45) is 11.8 Å². The van der Waals surface area contributed by atoms with E-state index in [1.807, 2.05) is 63.4 Å². The summed E-state index contributed by atoms with van der Waals surface area (Å²) in [6.45, 7) is 11.4. The first-order valence-corrected chi connectivity index (χ1v) is 28.5. The lowest BCUT2D eigenvalue weighted by molar-refractivity contribution is 0.246. The standard InChI is InChI=1S/C26H35OP.C19H19N.C15H10BrN.C4H10BO2/c1-20-12-11-18-24(27-2)26(20)23-17-9-10-19-25(23)28(21-13-5-3-6-14-21)22-15-7-4-8-16-22;1-14(2)12-15-6-5-8-17(13-15)19-11-10-16-7-3-4-9-18(16)20-19;16-13-6-3-5-12(10-13)15-9-8-11-4-1-2-7-14(11)17-15;1-4(2)3-7-5-6/h9-12,17-19,21-22H,3-8,13-16H2,1-2H3;3-11,13-14H,12H2,1-2H3;1-10H;4,6H,3H2,1-2H3. The molecule has 0 unspecified atom stereocenters. The molecule has 2 fully saturated rings. The molecule has 1 N–H and O–H groups in total. The van der Waals surface area contributed by atoms with E-state index in [0.29, 0.717) is 18.4 Å². The number of para-hydroxylation sites is 2. The number of halogens is 1. The van der Waals surface area contributed by atoms with Gasteiger partial charge in [0.25, 0.3) is 0 Å². The van der Waals surface area contributed by atoms with E-state index < -0.39 is 0 Å². The highest BCUT2D eigenvalue weighted by atomic mass is 79.9. The molecule has 0 bridgehead atoms. The van der Waals surface area contributed by atoms with E-state index in [1.54, 1.807) is 5.30 Å². The second-order valence-corrected chi connectivity index (χ2v) is 23.8. The Kier molecular flexibility index (Phi) is 21.5. The van der Waals surface area contributed by atoms with Crippen LogP contribution < -0.4 is 10.0 Å². The Morgan fingerprint density at radius 3 is 1.68 bits per heavy atom. The van der Waals surface area contributed by atoms with E-state index >= 15 is 0 Å². The molecule has 1 radical (unpaired) electrons. The summed E-state index contributed by atoms with van der Waals surface area (Å²) in [6, 6.07) is 57.6. The fraction of sp³-hybridized carbons (Fsp3) is 0.344. The Hall–Kier alpha value is -5.17. The summed E-state index contributed by atoms with van der Waals surface area (Å²) in [5, 5.41) is 12.0. The van der Waals surface area contributed by atoms with Crippen LogP contribution >= 0.6 is 23.9 Å². The number of aryl methyl sites for hydroxylation is 1. The predicted molar refractivity (Wildman–Crippen MR) is 313 cm³/mol. The van der Waals surface area contributed by atoms with Crippen LogP contribution in [0.2, 0.25) is 0 Å². The highest BCUT2D eigenvalue weighted by molar-refractivity contribution is 9.10. The molecule has 2 aliphatic rings. The maximum atomic E-state index is 7.97. The second kappa shape index (κ2) is 28.3. The van der Waals surface area contributed by atoms with E-state index in [2.05, 4.69) is 168 Å². The van der Waals surface area contributed by atoms with Crippen molar-refractivity contribution in [3.63, 3.8) is 0 Å². The lowest BCUT2D eigenvalue weighted by Gasteiger charge is -2.39. The van der Waals surface area contributed by atoms with E-state index in [0.717, 1.165) is 63.6 Å². The van der Waals surface area contributed by atoms with Gasteiger partial charge in [-0.05, 0) is 133 Å². The van der Waals surface area contributed by atoms with Crippen LogP contribution in [-0.2, 0) is 11.1 Å². The molecule has 8 aromatic rings. The van der Waals surface area contributed by atoms with Gasteiger partial charge in [0.15, 0.2) is 0 Å². The van der Waals surface area contributed by atoms with Crippen molar-refractivity contribution in [1.29, 1.82) is 0 Å². The number of methoxy groups -OCH3 is 1. The Morgan fingerprint density at radius 2 is 1.14 bits per heavy atom. The molecule has 2 heterocycles. The van der Waals surface area contributed by atoms with Gasteiger partial charge < -0.3 is 14.4 Å². The number of fused-ring (bicyclic) bond motifs is 2. The average molecular weight is 1040 g/mol. The first kappa shape index (κ1) is 54.6. The Balaban J connectivity index is 0.000000153. The van der Waals surface area contributed by atoms with Crippen LogP contribution in [0, 0.1) is 18.8 Å². The van der Waals surface area contributed by atoms with Crippen LogP contribution in [0.15, 0.2) is 168 Å². The Bertz CT molecular complexity index is 2900. The van der Waals surface area contributed by atoms with Crippen molar-refractivity contribution in [2.75, 3.05) is 13.7 Å². The topological polar surface area (TPSA) is 64.5 Å². The molecule has 2 saturated carbocycles. The third-order valence-electron chi connectivity index (χ3n) is 13.5. The van der Waals surface area contributed by atoms with Crippen LogP contribution in [-0.4, -0.2) is 47.7 Å². The fourth-order valence-electron chi connectivity index (χ4n) is 10.1. The van der Waals surface area contributed by atoms with Crippen molar-refractivity contribution in [2.45, 2.75) is 117 Å². The van der Waals surface area contributed by atoms with Crippen LogP contribution in [0.4, 0.5) is 0 Å². The number of pyridine rings is 2. The molecule has 2 aliphatic carbocycles. The molecule has 8 heteroatoms. The van der Waals surface area contributed by atoms with Gasteiger partial charge >= 0.3 is 7.69 Å². The third kappa shape index (κ3) is 15.7. The molecule has 0 saturated heterocycles. The van der Waals surface area contributed by atoms with Crippen molar-refractivity contribution >= 4 is 58.6 Å². The summed E-state index contributed by atoms with van der Waals surface area (Å²) in [6.07, 6.45) is 15.5. The van der Waals surface area contributed by atoms with Gasteiger partial charge in [-0.2, -0.15) is 0 Å². The minimum atomic E-state index is -0.122. The van der Waals surface area contributed by atoms with Crippen molar-refractivity contribution in [3.05, 3.63) is 179 Å². The lowest BCUT2D eigenvalue weighted by atomic mass is 9.99. The molecule has 373 valence electrons. The Morgan fingerprint density at radius 1 is 0.597 bits per heavy atom. The fourth-order valence-corrected chi connectivity index (χ4v) is 14.5. The lowest BCUT2D eigenvalue weighted by Crippen LogP contribution is -2.27. The Labute approximate surface area is 441 Å². The van der Waals surface area contributed by atoms with E-state index in [1.165, 1.54) is 103 Å². The van der Waals surface area contributed by atoms with Crippen LogP contribution in [0.25, 0.3) is 55.4 Å². The summed E-state index contributed by atoms with van der Waals surface area (Å²) < 4.78 is 11.4. The van der Waals surface area contributed by atoms with E-state index in [-0.39, 0.29) is 7.92 Å². The minimum Gasteiger partial charge on any atom is -0.496 e. The number of nitrogens with zero attached hydrogens (tertiary/aromatic N) is 2. The first-order valence-electron chi connectivity index (χ1n) is 26.3. The number of ether oxygens (including phenoxy) is 1. The number of rotatable bonds is 12. The van der Waals surface area contributed by atoms with E-state index in [9.17, 15) is 0 Å². The molecule has 0 amide bonds. The molecule has 72 heavy (non-hydrogen) atoms. The van der Waals surface area contributed by atoms with Crippen LogP contribution in [0.3, 0.4) is 0 Å². The van der Waals surface area contributed by atoms with Gasteiger partial charge in [-0.3, -0.25) is 0 Å². The SMILES string of the molecule is Brc1cccc(-c2ccc3ccccc3n2)c1.CC(C)CO[B]O.CC(C)Cc1cccc(-c2ccc3ccccc3n2)c1.COc1cccc(C)c1-c1ccccc1P(C1CCCCC1)C1CCCCC1. The minimum absolute atomic E-state index is 0.122. The molecule has 5 nitrogen and oxygen atoms in total. The second-order valence-electron chi connectivity index (χ2n) is 20.1. The van der Waals surface area contributed by atoms with Gasteiger partial charge in [0.2, 0.25) is 0 Å². The summed E-state index contributed by atoms with van der Waals surface area (Å²) in [5.41, 5.74) is 13.8. The molecule has 2 aromatic heterocycles. The van der Waals surface area contributed by atoms with Gasteiger partial charge in [0, 0.05) is 38.5 Å². The summed E-state index contributed by atoms with van der Waals surface area (Å²) in [7, 11) is 2.41. The van der Waals surface area contributed by atoms with Crippen LogP contribution in [0.1, 0.15) is 103 Å². The maximum Gasteiger partial charge on any atom is 0.485 e. The van der Waals surface area contributed by atoms with Crippen molar-refractivity contribution in [3.8, 4) is 39.4 Å². The third-order valence-corrected chi connectivity index (χ3v) is 17.6. The highest BCUT2D eigenvalue weighted by Crippen LogP contribution is 2.56. The zero-order valence-corrected chi connectivity index (χ0v) is 45.9. The first-order chi connectivity index (χ1) is 35.1. The summed E-state index contributed by atoms with van der Waals surface area (Å²) >= 11 is 3.48. The molecule has 0 aliphatic heterocycles. The largest absolute Gasteiger partial charge is 0.496 e. The zero-order chi connectivity index (χ0) is 50.7. The van der Waals surface area contributed by atoms with Gasteiger partial charge in [0.05, 0.1) is 29.5 Å². The van der Waals surface area contributed by atoms with Gasteiger partial charge in [-0.25, -0.2) is 9.97 Å². The number of hydrogen-bond donors (Lipinski definition) is 1. The summed E-state index contributed by atoms with van der Waals surface area (Å²) in [4.78, 5) is 9.43. The van der Waals surface area contributed by atoms with Crippen molar-refractivity contribution < 1.29 is 14.4 Å². The molecule has 6 aromatic carbocycles.